The Kier molecular flexibility index (Phi) is 4.48. The van der Waals surface area contributed by atoms with Gasteiger partial charge in [-0.15, -0.1) is 0 Å². The van der Waals surface area contributed by atoms with Crippen molar-refractivity contribution >= 4 is 0 Å². The van der Waals surface area contributed by atoms with E-state index in [2.05, 4.69) is 12.2 Å². The first-order valence-electron chi connectivity index (χ1n) is 7.20. The van der Waals surface area contributed by atoms with Crippen LogP contribution in [0.25, 0.3) is 0 Å². The van der Waals surface area contributed by atoms with Crippen molar-refractivity contribution in [3.05, 3.63) is 29.3 Å². The number of nitrogens with one attached hydrogen (secondary N) is 1. The summed E-state index contributed by atoms with van der Waals surface area (Å²) in [5.74, 6) is 1.06. The van der Waals surface area contributed by atoms with E-state index in [1.165, 1.54) is 0 Å². The van der Waals surface area contributed by atoms with Crippen molar-refractivity contribution in [2.75, 3.05) is 6.54 Å². The molecule has 0 radical (unpaired) electrons. The number of hydrogen-bond acceptors (Lipinski definition) is 3. The van der Waals surface area contributed by atoms with Gasteiger partial charge in [0.15, 0.2) is 0 Å². The molecule has 3 N–H and O–H groups in total. The van der Waals surface area contributed by atoms with Crippen molar-refractivity contribution in [1.82, 2.24) is 5.32 Å². The second-order valence-electron chi connectivity index (χ2n) is 6.14. The van der Waals surface area contributed by atoms with Crippen LogP contribution in [0.1, 0.15) is 43.7 Å². The molecule has 0 heterocycles. The highest BCUT2D eigenvalue weighted by Crippen LogP contribution is 2.31. The van der Waals surface area contributed by atoms with Gasteiger partial charge in [0, 0.05) is 18.7 Å². The normalized spacial score (nSPS) is 27.4. The molecular formula is C16H25NO2. The second kappa shape index (κ2) is 5.93. The Morgan fingerprint density at radius 3 is 2.68 bits per heavy atom. The molecule has 106 valence electrons. The van der Waals surface area contributed by atoms with Crippen LogP contribution in [0.4, 0.5) is 0 Å². The first-order chi connectivity index (χ1) is 8.98. The summed E-state index contributed by atoms with van der Waals surface area (Å²) >= 11 is 0. The maximum Gasteiger partial charge on any atom is 0.120 e. The van der Waals surface area contributed by atoms with Gasteiger partial charge in [0.2, 0.25) is 0 Å². The molecule has 0 unspecified atom stereocenters. The van der Waals surface area contributed by atoms with E-state index in [4.69, 9.17) is 0 Å². The van der Waals surface area contributed by atoms with E-state index in [0.717, 1.165) is 42.7 Å². The lowest BCUT2D eigenvalue weighted by molar-refractivity contribution is -0.00633. The quantitative estimate of drug-likeness (QED) is 0.783. The van der Waals surface area contributed by atoms with Crippen LogP contribution in [0.3, 0.4) is 0 Å². The number of aliphatic hydroxyl groups is 1. The zero-order valence-corrected chi connectivity index (χ0v) is 11.9. The molecule has 19 heavy (non-hydrogen) atoms. The maximum absolute atomic E-state index is 10.5. The molecule has 0 bridgehead atoms. The molecule has 3 nitrogen and oxygen atoms in total. The van der Waals surface area contributed by atoms with Crippen LogP contribution in [0, 0.1) is 12.8 Å². The average molecular weight is 263 g/mol. The van der Waals surface area contributed by atoms with Gasteiger partial charge in [-0.25, -0.2) is 0 Å². The lowest BCUT2D eigenvalue weighted by Gasteiger charge is -2.35. The van der Waals surface area contributed by atoms with E-state index >= 15 is 0 Å². The number of rotatable bonds is 4. The third-order valence-electron chi connectivity index (χ3n) is 4.21. The molecule has 0 aromatic heterocycles. The van der Waals surface area contributed by atoms with Gasteiger partial charge in [-0.1, -0.05) is 24.6 Å². The van der Waals surface area contributed by atoms with Crippen LogP contribution in [-0.2, 0) is 6.54 Å². The van der Waals surface area contributed by atoms with Crippen molar-refractivity contribution in [2.24, 2.45) is 5.92 Å². The Labute approximate surface area is 115 Å². The van der Waals surface area contributed by atoms with E-state index in [1.807, 2.05) is 19.1 Å². The summed E-state index contributed by atoms with van der Waals surface area (Å²) in [6.07, 6.45) is 3.96. The van der Waals surface area contributed by atoms with E-state index < -0.39 is 5.60 Å². The maximum atomic E-state index is 10.5. The molecule has 1 aliphatic rings. The zero-order valence-electron chi connectivity index (χ0n) is 11.9. The third-order valence-corrected chi connectivity index (χ3v) is 4.21. The van der Waals surface area contributed by atoms with Crippen LogP contribution in [-0.4, -0.2) is 22.4 Å². The fraction of sp³-hybridized carbons (Fsp3) is 0.625. The number of aryl methyl sites for hydroxylation is 1. The molecule has 0 saturated heterocycles. The summed E-state index contributed by atoms with van der Waals surface area (Å²) in [6.45, 7) is 5.47. The van der Waals surface area contributed by atoms with Gasteiger partial charge in [-0.05, 0) is 44.6 Å². The van der Waals surface area contributed by atoms with Gasteiger partial charge in [0.25, 0.3) is 0 Å². The molecular weight excluding hydrogens is 238 g/mol. The summed E-state index contributed by atoms with van der Waals surface area (Å²) in [5, 5.41) is 23.5. The minimum atomic E-state index is -0.564. The molecule has 0 amide bonds. The van der Waals surface area contributed by atoms with E-state index in [0.29, 0.717) is 18.8 Å². The number of aromatic hydroxyl groups is 1. The molecule has 1 saturated carbocycles. The van der Waals surface area contributed by atoms with Gasteiger partial charge < -0.3 is 15.5 Å². The molecule has 2 rings (SSSR count). The summed E-state index contributed by atoms with van der Waals surface area (Å²) in [7, 11) is 0. The smallest absolute Gasteiger partial charge is 0.120 e. The fourth-order valence-electron chi connectivity index (χ4n) is 2.76. The molecule has 0 atom stereocenters. The minimum Gasteiger partial charge on any atom is -0.508 e. The van der Waals surface area contributed by atoms with E-state index in [1.54, 1.807) is 6.07 Å². The van der Waals surface area contributed by atoms with Gasteiger partial charge in [-0.2, -0.15) is 0 Å². The van der Waals surface area contributed by atoms with Crippen molar-refractivity contribution in [2.45, 2.75) is 51.7 Å². The Hall–Kier alpha value is -1.06. The predicted molar refractivity (Wildman–Crippen MR) is 77.1 cm³/mol. The summed E-state index contributed by atoms with van der Waals surface area (Å²) < 4.78 is 0. The average Bonchev–Trinajstić information content (AvgIpc) is 2.38. The molecule has 1 fully saturated rings. The highest BCUT2D eigenvalue weighted by molar-refractivity contribution is 5.35. The summed E-state index contributed by atoms with van der Waals surface area (Å²) in [4.78, 5) is 0. The van der Waals surface area contributed by atoms with E-state index in [9.17, 15) is 10.2 Å². The third kappa shape index (κ3) is 3.95. The first-order valence-corrected chi connectivity index (χ1v) is 7.20. The Morgan fingerprint density at radius 2 is 2.00 bits per heavy atom. The van der Waals surface area contributed by atoms with Crippen LogP contribution < -0.4 is 5.32 Å². The largest absolute Gasteiger partial charge is 0.508 e. The molecule has 1 aliphatic carbocycles. The standard InChI is InChI=1S/C16H25NO2/c1-12-5-7-16(19,8-6-12)11-17-10-14-9-13(2)3-4-15(14)18/h3-4,9,12,17-19H,5-8,10-11H2,1-2H3. The van der Waals surface area contributed by atoms with Crippen LogP contribution in [0.5, 0.6) is 5.75 Å². The number of benzene rings is 1. The van der Waals surface area contributed by atoms with Gasteiger partial charge >= 0.3 is 0 Å². The van der Waals surface area contributed by atoms with Crippen molar-refractivity contribution in [1.29, 1.82) is 0 Å². The first kappa shape index (κ1) is 14.4. The Morgan fingerprint density at radius 1 is 1.32 bits per heavy atom. The van der Waals surface area contributed by atoms with Crippen molar-refractivity contribution in [3.63, 3.8) is 0 Å². The summed E-state index contributed by atoms with van der Waals surface area (Å²) in [6, 6.07) is 5.60. The van der Waals surface area contributed by atoms with Gasteiger partial charge in [0.1, 0.15) is 5.75 Å². The predicted octanol–water partition coefficient (Wildman–Crippen LogP) is 2.73. The zero-order chi connectivity index (χ0) is 13.9. The fourth-order valence-corrected chi connectivity index (χ4v) is 2.76. The number of phenolic OH excluding ortho intramolecular Hbond substituents is 1. The Balaban J connectivity index is 1.84. The van der Waals surface area contributed by atoms with Crippen LogP contribution in [0.15, 0.2) is 18.2 Å². The molecule has 0 aliphatic heterocycles. The monoisotopic (exact) mass is 263 g/mol. The molecule has 1 aromatic rings. The summed E-state index contributed by atoms with van der Waals surface area (Å²) in [5.41, 5.74) is 1.47. The van der Waals surface area contributed by atoms with Crippen LogP contribution in [0.2, 0.25) is 0 Å². The van der Waals surface area contributed by atoms with Crippen LogP contribution >= 0.6 is 0 Å². The number of hydrogen-bond donors (Lipinski definition) is 3. The second-order valence-corrected chi connectivity index (χ2v) is 6.14. The van der Waals surface area contributed by atoms with E-state index in [-0.39, 0.29) is 0 Å². The topological polar surface area (TPSA) is 52.5 Å². The lowest BCUT2D eigenvalue weighted by Crippen LogP contribution is -2.43. The minimum absolute atomic E-state index is 0.322. The molecule has 0 spiro atoms. The molecule has 1 aromatic carbocycles. The van der Waals surface area contributed by atoms with Crippen molar-refractivity contribution in [3.8, 4) is 5.75 Å². The highest BCUT2D eigenvalue weighted by Gasteiger charge is 2.31. The Bertz CT molecular complexity index is 423. The lowest BCUT2D eigenvalue weighted by atomic mass is 9.79. The highest BCUT2D eigenvalue weighted by atomic mass is 16.3. The van der Waals surface area contributed by atoms with Crippen molar-refractivity contribution < 1.29 is 10.2 Å². The SMILES string of the molecule is Cc1ccc(O)c(CNCC2(O)CCC(C)CC2)c1. The molecule has 3 heteroatoms. The van der Waals surface area contributed by atoms with Gasteiger partial charge in [0.05, 0.1) is 5.60 Å². The van der Waals surface area contributed by atoms with Gasteiger partial charge in [-0.3, -0.25) is 0 Å². The number of phenols is 1.